The van der Waals surface area contributed by atoms with Crippen molar-refractivity contribution in [3.63, 3.8) is 0 Å². The summed E-state index contributed by atoms with van der Waals surface area (Å²) in [6.07, 6.45) is 1.48. The Bertz CT molecular complexity index is 297. The van der Waals surface area contributed by atoms with E-state index in [-0.39, 0.29) is 5.91 Å². The van der Waals surface area contributed by atoms with Crippen LogP contribution in [0.1, 0.15) is 17.3 Å². The minimum absolute atomic E-state index is 0.0355. The van der Waals surface area contributed by atoms with Gasteiger partial charge in [-0.05, 0) is 19.1 Å². The fourth-order valence-corrected chi connectivity index (χ4v) is 0.978. The maximum atomic E-state index is 11.5. The lowest BCUT2D eigenvalue weighted by atomic mass is 10.2. The van der Waals surface area contributed by atoms with Crippen LogP contribution in [0.25, 0.3) is 0 Å². The van der Waals surface area contributed by atoms with Crippen LogP contribution in [0.3, 0.4) is 0 Å². The predicted molar refractivity (Wildman–Crippen MR) is 51.9 cm³/mol. The third-order valence-corrected chi connectivity index (χ3v) is 2.02. The first-order valence-electron chi connectivity index (χ1n) is 4.02. The van der Waals surface area contributed by atoms with Gasteiger partial charge in [0.15, 0.2) is 0 Å². The van der Waals surface area contributed by atoms with Crippen molar-refractivity contribution in [2.45, 2.75) is 6.92 Å². The van der Waals surface area contributed by atoms with Crippen LogP contribution in [0, 0.1) is 0 Å². The molecule has 0 aliphatic carbocycles. The number of nitrogens with zero attached hydrogens (tertiary/aromatic N) is 2. The largest absolute Gasteiger partial charge is 0.342 e. The van der Waals surface area contributed by atoms with Crippen LogP contribution >= 0.6 is 11.6 Å². The number of hydrogen-bond donors (Lipinski definition) is 0. The second-order valence-electron chi connectivity index (χ2n) is 2.69. The second-order valence-corrected chi connectivity index (χ2v) is 3.08. The van der Waals surface area contributed by atoms with Crippen LogP contribution in [0.5, 0.6) is 0 Å². The molecule has 0 aromatic carbocycles. The van der Waals surface area contributed by atoms with Crippen LogP contribution in [-0.4, -0.2) is 29.4 Å². The Morgan fingerprint density at radius 3 is 2.77 bits per heavy atom. The quantitative estimate of drug-likeness (QED) is 0.680. The summed E-state index contributed by atoms with van der Waals surface area (Å²) in [4.78, 5) is 17.0. The van der Waals surface area contributed by atoms with Crippen molar-refractivity contribution in [3.05, 3.63) is 29.0 Å². The summed E-state index contributed by atoms with van der Waals surface area (Å²) in [5.41, 5.74) is 0.564. The van der Waals surface area contributed by atoms with Crippen LogP contribution in [-0.2, 0) is 0 Å². The molecule has 0 saturated carbocycles. The van der Waals surface area contributed by atoms with Crippen LogP contribution < -0.4 is 0 Å². The van der Waals surface area contributed by atoms with Gasteiger partial charge in [-0.15, -0.1) is 0 Å². The molecule has 1 aromatic rings. The smallest absolute Gasteiger partial charge is 0.255 e. The van der Waals surface area contributed by atoms with Crippen molar-refractivity contribution in [2.24, 2.45) is 0 Å². The third kappa shape index (κ3) is 2.42. The van der Waals surface area contributed by atoms with Gasteiger partial charge in [0.2, 0.25) is 0 Å². The molecular formula is C9H11ClN2O. The van der Waals surface area contributed by atoms with Crippen molar-refractivity contribution in [1.29, 1.82) is 0 Å². The molecule has 4 heteroatoms. The zero-order valence-electron chi connectivity index (χ0n) is 7.62. The van der Waals surface area contributed by atoms with Crippen LogP contribution in [0.15, 0.2) is 18.3 Å². The number of carbonyl (C=O) groups excluding carboxylic acids is 1. The summed E-state index contributed by atoms with van der Waals surface area (Å²) in [5, 5.41) is 0.399. The van der Waals surface area contributed by atoms with Gasteiger partial charge in [0, 0.05) is 19.8 Å². The number of halogens is 1. The number of pyridine rings is 1. The highest BCUT2D eigenvalue weighted by Gasteiger charge is 2.09. The van der Waals surface area contributed by atoms with Gasteiger partial charge in [-0.1, -0.05) is 11.6 Å². The number of hydrogen-bond acceptors (Lipinski definition) is 2. The standard InChI is InChI=1S/C9H11ClN2O/c1-3-12(2)9(13)7-4-5-8(10)11-6-7/h4-6H,3H2,1-2H3. The first kappa shape index (κ1) is 9.99. The van der Waals surface area contributed by atoms with Gasteiger partial charge < -0.3 is 4.90 Å². The first-order valence-corrected chi connectivity index (χ1v) is 4.40. The highest BCUT2D eigenvalue weighted by molar-refractivity contribution is 6.29. The van der Waals surface area contributed by atoms with Gasteiger partial charge in [-0.3, -0.25) is 4.79 Å². The molecule has 3 nitrogen and oxygen atoms in total. The van der Waals surface area contributed by atoms with Gasteiger partial charge in [0.05, 0.1) is 5.56 Å². The molecule has 0 bridgehead atoms. The van der Waals surface area contributed by atoms with Crippen molar-refractivity contribution >= 4 is 17.5 Å². The summed E-state index contributed by atoms with van der Waals surface area (Å²) < 4.78 is 0. The molecule has 70 valence electrons. The maximum Gasteiger partial charge on any atom is 0.255 e. The molecule has 0 fully saturated rings. The lowest BCUT2D eigenvalue weighted by Gasteiger charge is -2.13. The zero-order valence-corrected chi connectivity index (χ0v) is 8.38. The zero-order chi connectivity index (χ0) is 9.84. The molecule has 0 atom stereocenters. The number of aromatic nitrogens is 1. The van der Waals surface area contributed by atoms with E-state index in [0.29, 0.717) is 17.3 Å². The number of carbonyl (C=O) groups is 1. The van der Waals surface area contributed by atoms with Gasteiger partial charge in [-0.25, -0.2) is 4.98 Å². The van der Waals surface area contributed by atoms with Gasteiger partial charge >= 0.3 is 0 Å². The van der Waals surface area contributed by atoms with E-state index in [1.54, 1.807) is 24.1 Å². The van der Waals surface area contributed by atoms with E-state index >= 15 is 0 Å². The Labute approximate surface area is 82.3 Å². The molecule has 0 radical (unpaired) electrons. The Balaban J connectivity index is 2.83. The Morgan fingerprint density at radius 1 is 1.62 bits per heavy atom. The molecule has 1 heterocycles. The van der Waals surface area contributed by atoms with Gasteiger partial charge in [0.25, 0.3) is 5.91 Å². The average molecular weight is 199 g/mol. The lowest BCUT2D eigenvalue weighted by Crippen LogP contribution is -2.26. The van der Waals surface area contributed by atoms with E-state index in [4.69, 9.17) is 11.6 Å². The van der Waals surface area contributed by atoms with E-state index in [2.05, 4.69) is 4.98 Å². The Morgan fingerprint density at radius 2 is 2.31 bits per heavy atom. The summed E-state index contributed by atoms with van der Waals surface area (Å²) in [5.74, 6) is -0.0355. The molecule has 1 amide bonds. The second kappa shape index (κ2) is 4.23. The number of rotatable bonds is 2. The van der Waals surface area contributed by atoms with E-state index in [9.17, 15) is 4.79 Å². The molecule has 0 unspecified atom stereocenters. The Hall–Kier alpha value is -1.09. The summed E-state index contributed by atoms with van der Waals surface area (Å²) >= 11 is 5.59. The van der Waals surface area contributed by atoms with Gasteiger partial charge in [-0.2, -0.15) is 0 Å². The predicted octanol–water partition coefficient (Wildman–Crippen LogP) is 1.83. The molecule has 0 spiro atoms. The molecule has 1 aromatic heterocycles. The van der Waals surface area contributed by atoms with E-state index < -0.39 is 0 Å². The minimum Gasteiger partial charge on any atom is -0.342 e. The maximum absolute atomic E-state index is 11.5. The minimum atomic E-state index is -0.0355. The topological polar surface area (TPSA) is 33.2 Å². The molecule has 0 aliphatic rings. The molecule has 13 heavy (non-hydrogen) atoms. The summed E-state index contributed by atoms with van der Waals surface area (Å²) in [6, 6.07) is 3.28. The summed E-state index contributed by atoms with van der Waals surface area (Å²) in [6.45, 7) is 2.60. The third-order valence-electron chi connectivity index (χ3n) is 1.80. The number of amides is 1. The fourth-order valence-electron chi connectivity index (χ4n) is 0.866. The van der Waals surface area contributed by atoms with Crippen molar-refractivity contribution in [2.75, 3.05) is 13.6 Å². The monoisotopic (exact) mass is 198 g/mol. The normalized spacial score (nSPS) is 9.77. The first-order chi connectivity index (χ1) is 6.15. The van der Waals surface area contributed by atoms with Gasteiger partial charge in [0.1, 0.15) is 5.15 Å². The van der Waals surface area contributed by atoms with Crippen LogP contribution in [0.2, 0.25) is 5.15 Å². The van der Waals surface area contributed by atoms with E-state index in [0.717, 1.165) is 0 Å². The van der Waals surface area contributed by atoms with Crippen molar-refractivity contribution < 1.29 is 4.79 Å². The van der Waals surface area contributed by atoms with E-state index in [1.165, 1.54) is 6.20 Å². The highest BCUT2D eigenvalue weighted by Crippen LogP contribution is 2.06. The van der Waals surface area contributed by atoms with Crippen molar-refractivity contribution in [3.8, 4) is 0 Å². The highest BCUT2D eigenvalue weighted by atomic mass is 35.5. The van der Waals surface area contributed by atoms with Crippen LogP contribution in [0.4, 0.5) is 0 Å². The molecular weight excluding hydrogens is 188 g/mol. The molecule has 0 N–H and O–H groups in total. The molecule has 0 saturated heterocycles. The van der Waals surface area contributed by atoms with E-state index in [1.807, 2.05) is 6.92 Å². The molecule has 1 rings (SSSR count). The Kier molecular flexibility index (Phi) is 3.25. The molecule has 0 aliphatic heterocycles. The SMILES string of the molecule is CCN(C)C(=O)c1ccc(Cl)nc1. The lowest BCUT2D eigenvalue weighted by molar-refractivity contribution is 0.0802. The van der Waals surface area contributed by atoms with Crippen molar-refractivity contribution in [1.82, 2.24) is 9.88 Å². The average Bonchev–Trinajstić information content (AvgIpc) is 2.17. The summed E-state index contributed by atoms with van der Waals surface area (Å²) in [7, 11) is 1.75. The fraction of sp³-hybridized carbons (Fsp3) is 0.333.